The van der Waals surface area contributed by atoms with E-state index in [-0.39, 0.29) is 40.7 Å². The third-order valence-electron chi connectivity index (χ3n) is 9.24. The fourth-order valence-electron chi connectivity index (χ4n) is 7.56. The van der Waals surface area contributed by atoms with Gasteiger partial charge in [-0.25, -0.2) is 0 Å². The monoisotopic (exact) mass is 364 g/mol. The molecule has 0 aromatic carbocycles. The molecule has 26 heavy (non-hydrogen) atoms. The molecule has 4 fully saturated rings. The Morgan fingerprint density at radius 1 is 1.00 bits per heavy atom. The molecule has 0 spiro atoms. The van der Waals surface area contributed by atoms with Gasteiger partial charge in [0.1, 0.15) is 11.7 Å². The average molecular weight is 364 g/mol. The molecule has 0 unspecified atom stereocenters. The van der Waals surface area contributed by atoms with Crippen molar-refractivity contribution in [3.05, 3.63) is 0 Å². The van der Waals surface area contributed by atoms with Gasteiger partial charge in [0.05, 0.1) is 6.10 Å². The van der Waals surface area contributed by atoms with E-state index in [0.717, 1.165) is 25.7 Å². The van der Waals surface area contributed by atoms with Crippen LogP contribution in [0.4, 0.5) is 0 Å². The maximum absolute atomic E-state index is 13.2. The first-order valence-electron chi connectivity index (χ1n) is 10.2. The molecule has 0 amide bonds. The smallest absolute Gasteiger partial charge is 0.165 e. The van der Waals surface area contributed by atoms with Crippen LogP contribution >= 0.6 is 0 Å². The van der Waals surface area contributed by atoms with E-state index in [1.807, 2.05) is 6.92 Å². The van der Waals surface area contributed by atoms with Crippen molar-refractivity contribution in [1.29, 1.82) is 0 Å². The van der Waals surface area contributed by atoms with E-state index in [1.165, 1.54) is 6.92 Å². The van der Waals surface area contributed by atoms with E-state index in [0.29, 0.717) is 19.3 Å². The lowest BCUT2D eigenvalue weighted by Crippen LogP contribution is -2.64. The Labute approximate surface area is 155 Å². The number of hydrogen-bond donors (Lipinski definition) is 3. The van der Waals surface area contributed by atoms with Gasteiger partial charge in [0.15, 0.2) is 11.6 Å². The number of carbonyl (C=O) groups excluding carboxylic acids is 2. The van der Waals surface area contributed by atoms with E-state index in [9.17, 15) is 24.9 Å². The van der Waals surface area contributed by atoms with Crippen molar-refractivity contribution in [3.63, 3.8) is 0 Å². The van der Waals surface area contributed by atoms with Crippen LogP contribution in [0, 0.1) is 34.5 Å². The highest BCUT2D eigenvalue weighted by Crippen LogP contribution is 2.67. The van der Waals surface area contributed by atoms with Gasteiger partial charge in [-0.15, -0.1) is 0 Å². The summed E-state index contributed by atoms with van der Waals surface area (Å²) in [5.74, 6) is -0.666. The first kappa shape index (κ1) is 18.6. The summed E-state index contributed by atoms with van der Waals surface area (Å²) in [4.78, 5) is 25.5. The molecule has 4 rings (SSSR count). The molecule has 0 radical (unpaired) electrons. The lowest BCUT2D eigenvalue weighted by molar-refractivity contribution is -0.193. The van der Waals surface area contributed by atoms with Crippen LogP contribution < -0.4 is 0 Å². The minimum Gasteiger partial charge on any atom is -0.393 e. The fraction of sp³-hybridized carbons (Fsp3) is 0.905. The Kier molecular flexibility index (Phi) is 4.01. The fourth-order valence-corrected chi connectivity index (χ4v) is 7.56. The maximum atomic E-state index is 13.2. The minimum atomic E-state index is -1.35. The Hall–Kier alpha value is -0.780. The SMILES string of the molecule is CC(=O)[C@@]1(O)CC[C@H]2[C@@H]3C(=O)[C@@H](O)[C@H]4C[C@@H](O)CC[C@]4(C)[C@H]3CC[C@@]21C. The minimum absolute atomic E-state index is 0.0538. The summed E-state index contributed by atoms with van der Waals surface area (Å²) in [5, 5.41) is 32.1. The molecule has 4 aliphatic rings. The van der Waals surface area contributed by atoms with Crippen LogP contribution in [0.1, 0.15) is 65.7 Å². The predicted molar refractivity (Wildman–Crippen MR) is 95.1 cm³/mol. The van der Waals surface area contributed by atoms with E-state index in [4.69, 9.17) is 0 Å². The predicted octanol–water partition coefficient (Wildman–Crippen LogP) is 1.86. The van der Waals surface area contributed by atoms with Gasteiger partial charge in [-0.3, -0.25) is 9.59 Å². The third-order valence-corrected chi connectivity index (χ3v) is 9.24. The molecule has 5 heteroatoms. The van der Waals surface area contributed by atoms with Crippen molar-refractivity contribution in [2.75, 3.05) is 0 Å². The topological polar surface area (TPSA) is 94.8 Å². The zero-order chi connectivity index (χ0) is 19.1. The van der Waals surface area contributed by atoms with Crippen molar-refractivity contribution in [1.82, 2.24) is 0 Å². The van der Waals surface area contributed by atoms with Crippen molar-refractivity contribution in [3.8, 4) is 0 Å². The number of rotatable bonds is 1. The zero-order valence-corrected chi connectivity index (χ0v) is 16.1. The summed E-state index contributed by atoms with van der Waals surface area (Å²) in [7, 11) is 0. The highest BCUT2D eigenvalue weighted by molar-refractivity contribution is 5.89. The van der Waals surface area contributed by atoms with Crippen LogP contribution in [-0.2, 0) is 9.59 Å². The van der Waals surface area contributed by atoms with E-state index >= 15 is 0 Å². The van der Waals surface area contributed by atoms with Crippen molar-refractivity contribution < 1.29 is 24.9 Å². The van der Waals surface area contributed by atoms with Crippen molar-refractivity contribution in [2.24, 2.45) is 34.5 Å². The number of aliphatic hydroxyl groups excluding tert-OH is 2. The number of hydrogen-bond acceptors (Lipinski definition) is 5. The lowest BCUT2D eigenvalue weighted by atomic mass is 9.43. The summed E-state index contributed by atoms with van der Waals surface area (Å²) in [6, 6.07) is 0. The number of aliphatic hydroxyl groups is 3. The van der Waals surface area contributed by atoms with Gasteiger partial charge < -0.3 is 15.3 Å². The molecule has 9 atom stereocenters. The van der Waals surface area contributed by atoms with Crippen LogP contribution in [-0.4, -0.2) is 44.7 Å². The molecule has 4 aliphatic carbocycles. The Morgan fingerprint density at radius 2 is 1.65 bits per heavy atom. The number of carbonyl (C=O) groups is 2. The van der Waals surface area contributed by atoms with E-state index in [2.05, 4.69) is 6.92 Å². The summed E-state index contributed by atoms with van der Waals surface area (Å²) >= 11 is 0. The molecule has 0 saturated heterocycles. The maximum Gasteiger partial charge on any atom is 0.165 e. The van der Waals surface area contributed by atoms with Gasteiger partial charge in [-0.05, 0) is 69.1 Å². The van der Waals surface area contributed by atoms with Crippen LogP contribution in [0.2, 0.25) is 0 Å². The molecule has 3 N–H and O–H groups in total. The first-order chi connectivity index (χ1) is 12.1. The lowest BCUT2D eigenvalue weighted by Gasteiger charge is -2.61. The highest BCUT2D eigenvalue weighted by atomic mass is 16.3. The number of fused-ring (bicyclic) bond motifs is 5. The molecule has 0 heterocycles. The number of ketones is 2. The summed E-state index contributed by atoms with van der Waals surface area (Å²) in [6.45, 7) is 5.61. The Morgan fingerprint density at radius 3 is 2.31 bits per heavy atom. The molecular weight excluding hydrogens is 332 g/mol. The second kappa shape index (κ2) is 5.62. The Bertz CT molecular complexity index is 646. The molecule has 0 aromatic rings. The molecule has 0 aliphatic heterocycles. The van der Waals surface area contributed by atoms with E-state index in [1.54, 1.807) is 0 Å². The van der Waals surface area contributed by atoms with E-state index < -0.39 is 23.2 Å². The summed E-state index contributed by atoms with van der Waals surface area (Å²) in [6.07, 6.45) is 3.18. The van der Waals surface area contributed by atoms with Crippen LogP contribution in [0.25, 0.3) is 0 Å². The second-order valence-electron chi connectivity index (χ2n) is 10.0. The highest BCUT2D eigenvalue weighted by Gasteiger charge is 2.69. The molecule has 5 nitrogen and oxygen atoms in total. The summed E-state index contributed by atoms with van der Waals surface area (Å²) in [5.41, 5.74) is -2.10. The van der Waals surface area contributed by atoms with Gasteiger partial charge in [0, 0.05) is 17.3 Å². The first-order valence-corrected chi connectivity index (χ1v) is 10.2. The van der Waals surface area contributed by atoms with Crippen LogP contribution in [0.15, 0.2) is 0 Å². The molecule has 146 valence electrons. The summed E-state index contributed by atoms with van der Waals surface area (Å²) < 4.78 is 0. The third kappa shape index (κ3) is 2.08. The quantitative estimate of drug-likeness (QED) is 0.660. The van der Waals surface area contributed by atoms with Gasteiger partial charge >= 0.3 is 0 Å². The molecular formula is C21H32O5. The largest absolute Gasteiger partial charge is 0.393 e. The zero-order valence-electron chi connectivity index (χ0n) is 16.1. The normalized spacial score (nSPS) is 56.5. The second-order valence-corrected chi connectivity index (χ2v) is 10.0. The van der Waals surface area contributed by atoms with Gasteiger partial charge in [-0.2, -0.15) is 0 Å². The van der Waals surface area contributed by atoms with Gasteiger partial charge in [0.25, 0.3) is 0 Å². The number of Topliss-reactive ketones (excluding diaryl/α,β-unsaturated/α-hetero) is 2. The van der Waals surface area contributed by atoms with Crippen LogP contribution in [0.5, 0.6) is 0 Å². The molecule has 0 aromatic heterocycles. The average Bonchev–Trinajstić information content (AvgIpc) is 2.87. The Balaban J connectivity index is 1.74. The van der Waals surface area contributed by atoms with Gasteiger partial charge in [-0.1, -0.05) is 13.8 Å². The molecule has 4 saturated carbocycles. The van der Waals surface area contributed by atoms with Crippen molar-refractivity contribution >= 4 is 11.6 Å². The van der Waals surface area contributed by atoms with Crippen molar-refractivity contribution in [2.45, 2.75) is 83.5 Å². The van der Waals surface area contributed by atoms with Gasteiger partial charge in [0.2, 0.25) is 0 Å². The van der Waals surface area contributed by atoms with Crippen LogP contribution in [0.3, 0.4) is 0 Å². The molecule has 0 bridgehead atoms. The standard InChI is InChI=1S/C21H32O5/c1-11(22)21(26)9-6-14-16-13(5-8-20(14,21)3)19(2)7-4-12(23)10-15(19)17(24)18(16)25/h12-17,23-24,26H,4-10H2,1-3H3/t12-,13-,14-,15+,16+,17-,19+,20-,21-/m0/s1.